The van der Waals surface area contributed by atoms with Crippen molar-refractivity contribution in [2.75, 3.05) is 5.32 Å². The van der Waals surface area contributed by atoms with Gasteiger partial charge in [0.25, 0.3) is 0 Å². The molecular formula is C12H11N3O4S. The minimum atomic E-state index is -1.14. The molecule has 0 saturated heterocycles. The molecule has 2 aromatic heterocycles. The maximum atomic E-state index is 11.8. The first-order chi connectivity index (χ1) is 9.47. The number of thiazole rings is 1. The maximum Gasteiger partial charge on any atom is 0.354 e. The number of aryl methyl sites for hydroxylation is 1. The van der Waals surface area contributed by atoms with Crippen molar-refractivity contribution in [3.63, 3.8) is 0 Å². The van der Waals surface area contributed by atoms with Gasteiger partial charge in [-0.2, -0.15) is 0 Å². The molecule has 8 heteroatoms. The summed E-state index contributed by atoms with van der Waals surface area (Å²) in [6.07, 6.45) is 1.25. The zero-order valence-corrected chi connectivity index (χ0v) is 11.3. The molecule has 0 aromatic carbocycles. The van der Waals surface area contributed by atoms with E-state index in [-0.39, 0.29) is 23.0 Å². The number of anilines is 1. The molecule has 104 valence electrons. The summed E-state index contributed by atoms with van der Waals surface area (Å²) in [5.41, 5.74) is 0.989. The van der Waals surface area contributed by atoms with Crippen molar-refractivity contribution in [1.82, 2.24) is 9.55 Å². The fraction of sp³-hybridized carbons (Fsp3) is 0.167. The van der Waals surface area contributed by atoms with Crippen LogP contribution in [-0.4, -0.2) is 26.5 Å². The summed E-state index contributed by atoms with van der Waals surface area (Å²) < 4.78 is 1.36. The van der Waals surface area contributed by atoms with E-state index in [1.807, 2.05) is 0 Å². The summed E-state index contributed by atoms with van der Waals surface area (Å²) in [4.78, 5) is 37.4. The highest BCUT2D eigenvalue weighted by molar-refractivity contribution is 7.07. The van der Waals surface area contributed by atoms with Crippen LogP contribution in [0.1, 0.15) is 16.2 Å². The first-order valence-corrected chi connectivity index (χ1v) is 6.49. The molecule has 2 N–H and O–H groups in total. The topological polar surface area (TPSA) is 101 Å². The molecule has 0 bridgehead atoms. The summed E-state index contributed by atoms with van der Waals surface area (Å²) in [6, 6.07) is 2.73. The van der Waals surface area contributed by atoms with Gasteiger partial charge in [-0.25, -0.2) is 9.78 Å². The number of nitrogens with zero attached hydrogens (tertiary/aromatic N) is 2. The van der Waals surface area contributed by atoms with E-state index in [1.54, 1.807) is 12.3 Å². The zero-order chi connectivity index (χ0) is 14.7. The first-order valence-electron chi connectivity index (χ1n) is 5.61. The van der Waals surface area contributed by atoms with Crippen molar-refractivity contribution in [3.8, 4) is 0 Å². The van der Waals surface area contributed by atoms with Gasteiger partial charge in [0.15, 0.2) is 0 Å². The summed E-state index contributed by atoms with van der Waals surface area (Å²) >= 11 is 1.03. The van der Waals surface area contributed by atoms with Crippen LogP contribution in [0.15, 0.2) is 28.5 Å². The molecule has 0 atom stereocenters. The monoisotopic (exact) mass is 293 g/mol. The fourth-order valence-electron chi connectivity index (χ4n) is 1.53. The molecule has 2 aromatic rings. The highest BCUT2D eigenvalue weighted by atomic mass is 32.1. The number of nitrogens with one attached hydrogen (secondary N) is 1. The third-order valence-electron chi connectivity index (χ3n) is 2.54. The SMILES string of the molecule is Cc1csc(=O)n1CC(=O)Nc1ccc(C(=O)O)nc1. The Labute approximate surface area is 117 Å². The Kier molecular flexibility index (Phi) is 3.94. The number of amides is 1. The summed E-state index contributed by atoms with van der Waals surface area (Å²) in [5.74, 6) is -1.51. The van der Waals surface area contributed by atoms with Crippen molar-refractivity contribution < 1.29 is 14.7 Å². The molecule has 0 aliphatic heterocycles. The minimum Gasteiger partial charge on any atom is -0.477 e. The zero-order valence-electron chi connectivity index (χ0n) is 10.5. The molecule has 0 radical (unpaired) electrons. The van der Waals surface area contributed by atoms with Crippen LogP contribution in [0.3, 0.4) is 0 Å². The number of rotatable bonds is 4. The fourth-order valence-corrected chi connectivity index (χ4v) is 2.27. The number of pyridine rings is 1. The lowest BCUT2D eigenvalue weighted by atomic mass is 10.3. The molecule has 0 fully saturated rings. The lowest BCUT2D eigenvalue weighted by molar-refractivity contribution is -0.116. The van der Waals surface area contributed by atoms with Gasteiger partial charge in [-0.1, -0.05) is 11.3 Å². The van der Waals surface area contributed by atoms with Crippen LogP contribution in [0.25, 0.3) is 0 Å². The van der Waals surface area contributed by atoms with Gasteiger partial charge in [-0.3, -0.25) is 14.2 Å². The van der Waals surface area contributed by atoms with Gasteiger partial charge in [0.2, 0.25) is 5.91 Å². The number of carboxylic acid groups (broad SMARTS) is 1. The smallest absolute Gasteiger partial charge is 0.354 e. The molecule has 0 spiro atoms. The van der Waals surface area contributed by atoms with E-state index in [9.17, 15) is 14.4 Å². The van der Waals surface area contributed by atoms with Gasteiger partial charge >= 0.3 is 10.8 Å². The standard InChI is InChI=1S/C12H11N3O4S/c1-7-6-20-12(19)15(7)5-10(16)14-8-2-3-9(11(17)18)13-4-8/h2-4,6H,5H2,1H3,(H,14,16)(H,17,18). The maximum absolute atomic E-state index is 11.8. The van der Waals surface area contributed by atoms with Gasteiger partial charge in [-0.05, 0) is 19.1 Å². The number of hydrogen-bond donors (Lipinski definition) is 2. The van der Waals surface area contributed by atoms with Gasteiger partial charge < -0.3 is 10.4 Å². The van der Waals surface area contributed by atoms with E-state index in [1.165, 1.54) is 22.9 Å². The lowest BCUT2D eigenvalue weighted by Gasteiger charge is -2.06. The van der Waals surface area contributed by atoms with Crippen LogP contribution < -0.4 is 10.2 Å². The van der Waals surface area contributed by atoms with E-state index in [0.717, 1.165) is 17.0 Å². The van der Waals surface area contributed by atoms with Gasteiger partial charge in [-0.15, -0.1) is 0 Å². The normalized spacial score (nSPS) is 10.2. The average Bonchev–Trinajstić information content (AvgIpc) is 2.71. The number of aromatic carboxylic acids is 1. The largest absolute Gasteiger partial charge is 0.477 e. The molecule has 1 amide bonds. The van der Waals surface area contributed by atoms with E-state index >= 15 is 0 Å². The van der Waals surface area contributed by atoms with Gasteiger partial charge in [0, 0.05) is 11.1 Å². The predicted molar refractivity (Wildman–Crippen MR) is 73.1 cm³/mol. The van der Waals surface area contributed by atoms with Crippen molar-refractivity contribution in [3.05, 3.63) is 44.8 Å². The van der Waals surface area contributed by atoms with E-state index in [0.29, 0.717) is 5.69 Å². The van der Waals surface area contributed by atoms with Crippen LogP contribution >= 0.6 is 11.3 Å². The van der Waals surface area contributed by atoms with Gasteiger partial charge in [0.05, 0.1) is 11.9 Å². The van der Waals surface area contributed by atoms with Gasteiger partial charge in [0.1, 0.15) is 12.2 Å². The summed E-state index contributed by atoms with van der Waals surface area (Å²) in [6.45, 7) is 1.66. The molecule has 0 aliphatic carbocycles. The Balaban J connectivity index is 2.05. The van der Waals surface area contributed by atoms with Crippen LogP contribution in [0.2, 0.25) is 0 Å². The molecule has 0 unspecified atom stereocenters. The Bertz CT molecular complexity index is 702. The Morgan fingerprint density at radius 3 is 2.70 bits per heavy atom. The number of hydrogen-bond acceptors (Lipinski definition) is 5. The van der Waals surface area contributed by atoms with Crippen molar-refractivity contribution in [1.29, 1.82) is 0 Å². The average molecular weight is 293 g/mol. The third kappa shape index (κ3) is 3.09. The Morgan fingerprint density at radius 1 is 1.45 bits per heavy atom. The van der Waals surface area contributed by atoms with E-state index in [2.05, 4.69) is 10.3 Å². The molecule has 20 heavy (non-hydrogen) atoms. The summed E-state index contributed by atoms with van der Waals surface area (Å²) in [5, 5.41) is 12.9. The van der Waals surface area contributed by atoms with Crippen LogP contribution in [0, 0.1) is 6.92 Å². The van der Waals surface area contributed by atoms with Crippen LogP contribution in [0.5, 0.6) is 0 Å². The Hall–Kier alpha value is -2.48. The minimum absolute atomic E-state index is 0.0884. The van der Waals surface area contributed by atoms with Crippen molar-refractivity contribution in [2.45, 2.75) is 13.5 Å². The molecule has 2 rings (SSSR count). The molecule has 7 nitrogen and oxygen atoms in total. The van der Waals surface area contributed by atoms with Crippen molar-refractivity contribution >= 4 is 28.9 Å². The van der Waals surface area contributed by atoms with Crippen molar-refractivity contribution in [2.24, 2.45) is 0 Å². The summed E-state index contributed by atoms with van der Waals surface area (Å²) in [7, 11) is 0. The molecule has 0 saturated carbocycles. The number of carbonyl (C=O) groups is 2. The third-order valence-corrected chi connectivity index (χ3v) is 3.43. The highest BCUT2D eigenvalue weighted by Gasteiger charge is 2.09. The predicted octanol–water partition coefficient (Wildman–Crippen LogP) is 0.950. The molecule has 2 heterocycles. The van der Waals surface area contributed by atoms with E-state index < -0.39 is 5.97 Å². The van der Waals surface area contributed by atoms with Crippen LogP contribution in [0.4, 0.5) is 5.69 Å². The second kappa shape index (κ2) is 5.66. The first kappa shape index (κ1) is 13.9. The second-order valence-electron chi connectivity index (χ2n) is 4.01. The van der Waals surface area contributed by atoms with E-state index in [4.69, 9.17) is 5.11 Å². The van der Waals surface area contributed by atoms with Crippen LogP contribution in [-0.2, 0) is 11.3 Å². The Morgan fingerprint density at radius 2 is 2.20 bits per heavy atom. The number of carboxylic acids is 1. The number of carbonyl (C=O) groups excluding carboxylic acids is 1. The second-order valence-corrected chi connectivity index (χ2v) is 4.84. The molecule has 0 aliphatic rings. The number of aromatic nitrogens is 2. The lowest BCUT2D eigenvalue weighted by Crippen LogP contribution is -2.25. The quantitative estimate of drug-likeness (QED) is 0.874. The molecular weight excluding hydrogens is 282 g/mol. The highest BCUT2D eigenvalue weighted by Crippen LogP contribution is 2.07.